The molecular formula is C23H30N2O3S. The van der Waals surface area contributed by atoms with Crippen LogP contribution in [0, 0.1) is 0 Å². The number of likely N-dealkylation sites (tertiary alicyclic amines) is 1. The van der Waals surface area contributed by atoms with Crippen molar-refractivity contribution in [3.63, 3.8) is 0 Å². The SMILES string of the molecule is COc1ccc(C(=O)N2CCc3cc(OCCCN4CCCCC4)sc3C2)cc1. The van der Waals surface area contributed by atoms with Crippen LogP contribution in [0.1, 0.15) is 46.5 Å². The van der Waals surface area contributed by atoms with Crippen LogP contribution >= 0.6 is 11.3 Å². The number of carbonyl (C=O) groups excluding carboxylic acids is 1. The predicted octanol–water partition coefficient (Wildman–Crippen LogP) is 4.21. The lowest BCUT2D eigenvalue weighted by Crippen LogP contribution is -2.35. The molecule has 29 heavy (non-hydrogen) atoms. The van der Waals surface area contributed by atoms with Crippen molar-refractivity contribution < 1.29 is 14.3 Å². The Labute approximate surface area is 177 Å². The second-order valence-corrected chi connectivity index (χ2v) is 8.92. The topological polar surface area (TPSA) is 42.0 Å². The van der Waals surface area contributed by atoms with Gasteiger partial charge in [0.1, 0.15) is 5.75 Å². The largest absolute Gasteiger partial charge is 0.497 e. The number of nitrogens with zero attached hydrogens (tertiary/aromatic N) is 2. The van der Waals surface area contributed by atoms with Gasteiger partial charge in [0.15, 0.2) is 5.06 Å². The molecule has 1 saturated heterocycles. The van der Waals surface area contributed by atoms with Crippen molar-refractivity contribution in [2.24, 2.45) is 0 Å². The first-order valence-corrected chi connectivity index (χ1v) is 11.4. The Hall–Kier alpha value is -2.05. The maximum atomic E-state index is 12.8. The first-order chi connectivity index (χ1) is 14.2. The van der Waals surface area contributed by atoms with Gasteiger partial charge in [-0.2, -0.15) is 0 Å². The van der Waals surface area contributed by atoms with Gasteiger partial charge in [-0.05, 0) is 74.7 Å². The highest BCUT2D eigenvalue weighted by Crippen LogP contribution is 2.34. The summed E-state index contributed by atoms with van der Waals surface area (Å²) < 4.78 is 11.2. The maximum Gasteiger partial charge on any atom is 0.254 e. The minimum absolute atomic E-state index is 0.0794. The average molecular weight is 415 g/mol. The predicted molar refractivity (Wildman–Crippen MR) is 116 cm³/mol. The molecule has 1 aromatic heterocycles. The Kier molecular flexibility index (Phi) is 6.72. The zero-order valence-corrected chi connectivity index (χ0v) is 18.0. The van der Waals surface area contributed by atoms with Crippen LogP contribution in [0.5, 0.6) is 10.8 Å². The van der Waals surface area contributed by atoms with Crippen molar-refractivity contribution in [1.82, 2.24) is 9.80 Å². The third kappa shape index (κ3) is 5.11. The summed E-state index contributed by atoms with van der Waals surface area (Å²) in [4.78, 5) is 18.6. The molecule has 4 rings (SSSR count). The number of carbonyl (C=O) groups is 1. The van der Waals surface area contributed by atoms with E-state index in [9.17, 15) is 4.79 Å². The van der Waals surface area contributed by atoms with Gasteiger partial charge in [0, 0.05) is 23.5 Å². The van der Waals surface area contributed by atoms with E-state index in [2.05, 4.69) is 11.0 Å². The van der Waals surface area contributed by atoms with Gasteiger partial charge in [0.2, 0.25) is 0 Å². The molecule has 2 aliphatic rings. The van der Waals surface area contributed by atoms with E-state index >= 15 is 0 Å². The Morgan fingerprint density at radius 3 is 2.66 bits per heavy atom. The van der Waals surface area contributed by atoms with Crippen molar-refractivity contribution in [2.75, 3.05) is 39.9 Å². The summed E-state index contributed by atoms with van der Waals surface area (Å²) in [5.41, 5.74) is 2.04. The van der Waals surface area contributed by atoms with Crippen LogP contribution in [-0.2, 0) is 13.0 Å². The Morgan fingerprint density at radius 1 is 1.10 bits per heavy atom. The van der Waals surface area contributed by atoms with Crippen molar-refractivity contribution in [3.8, 4) is 10.8 Å². The average Bonchev–Trinajstić information content (AvgIpc) is 3.19. The summed E-state index contributed by atoms with van der Waals surface area (Å²) in [7, 11) is 1.63. The van der Waals surface area contributed by atoms with E-state index in [1.54, 1.807) is 18.4 Å². The lowest BCUT2D eigenvalue weighted by molar-refractivity contribution is 0.0737. The van der Waals surface area contributed by atoms with Crippen LogP contribution in [0.25, 0.3) is 0 Å². The summed E-state index contributed by atoms with van der Waals surface area (Å²) in [6, 6.07) is 9.52. The molecule has 0 saturated carbocycles. The number of fused-ring (bicyclic) bond motifs is 1. The highest BCUT2D eigenvalue weighted by molar-refractivity contribution is 7.14. The highest BCUT2D eigenvalue weighted by atomic mass is 32.1. The number of ether oxygens (including phenoxy) is 2. The molecule has 0 atom stereocenters. The van der Waals surface area contributed by atoms with Gasteiger partial charge in [-0.3, -0.25) is 4.79 Å². The van der Waals surface area contributed by atoms with Gasteiger partial charge >= 0.3 is 0 Å². The molecule has 2 aliphatic heterocycles. The second-order valence-electron chi connectivity index (χ2n) is 7.82. The van der Waals surface area contributed by atoms with E-state index in [-0.39, 0.29) is 5.91 Å². The highest BCUT2D eigenvalue weighted by Gasteiger charge is 2.24. The van der Waals surface area contributed by atoms with Crippen LogP contribution in [0.2, 0.25) is 0 Å². The van der Waals surface area contributed by atoms with Crippen molar-refractivity contribution in [2.45, 2.75) is 38.6 Å². The number of hydrogen-bond donors (Lipinski definition) is 0. The van der Waals surface area contributed by atoms with Crippen LogP contribution in [0.15, 0.2) is 30.3 Å². The second kappa shape index (κ2) is 9.63. The number of methoxy groups -OCH3 is 1. The minimum atomic E-state index is 0.0794. The minimum Gasteiger partial charge on any atom is -0.497 e. The van der Waals surface area contributed by atoms with Gasteiger partial charge in [-0.25, -0.2) is 0 Å². The standard InChI is InChI=1S/C23H30N2O3S/c1-27-20-8-6-18(7-9-20)23(26)25-14-10-19-16-22(29-21(19)17-25)28-15-5-13-24-11-3-2-4-12-24/h6-9,16H,2-5,10-15,17H2,1H3. The number of benzene rings is 1. The fourth-order valence-corrected chi connectivity index (χ4v) is 5.20. The molecule has 3 heterocycles. The Morgan fingerprint density at radius 2 is 1.90 bits per heavy atom. The molecule has 0 bridgehead atoms. The molecule has 5 nitrogen and oxygen atoms in total. The first-order valence-electron chi connectivity index (χ1n) is 10.6. The molecule has 0 radical (unpaired) electrons. The molecule has 1 amide bonds. The lowest BCUT2D eigenvalue weighted by atomic mass is 10.1. The summed E-state index contributed by atoms with van der Waals surface area (Å²) in [5.74, 6) is 0.846. The van der Waals surface area contributed by atoms with E-state index in [4.69, 9.17) is 9.47 Å². The number of piperidine rings is 1. The number of rotatable bonds is 7. The number of thiophene rings is 1. The third-order valence-electron chi connectivity index (χ3n) is 5.80. The van der Waals surface area contributed by atoms with Gasteiger partial charge < -0.3 is 19.3 Å². The van der Waals surface area contributed by atoms with Crippen LogP contribution in [0.3, 0.4) is 0 Å². The molecule has 156 valence electrons. The summed E-state index contributed by atoms with van der Waals surface area (Å²) >= 11 is 1.69. The van der Waals surface area contributed by atoms with E-state index in [0.717, 1.165) is 43.4 Å². The molecule has 0 unspecified atom stereocenters. The van der Waals surface area contributed by atoms with Crippen LogP contribution < -0.4 is 9.47 Å². The zero-order valence-electron chi connectivity index (χ0n) is 17.2. The van der Waals surface area contributed by atoms with E-state index in [1.807, 2.05) is 29.2 Å². The van der Waals surface area contributed by atoms with Gasteiger partial charge in [-0.1, -0.05) is 6.42 Å². The van der Waals surface area contributed by atoms with Crippen LogP contribution in [-0.4, -0.2) is 55.6 Å². The fraction of sp³-hybridized carbons (Fsp3) is 0.522. The van der Waals surface area contributed by atoms with Crippen molar-refractivity contribution >= 4 is 17.2 Å². The molecule has 1 aromatic carbocycles. The van der Waals surface area contributed by atoms with Crippen molar-refractivity contribution in [3.05, 3.63) is 46.3 Å². The number of amides is 1. The molecular weight excluding hydrogens is 384 g/mol. The molecule has 0 aliphatic carbocycles. The number of hydrogen-bond acceptors (Lipinski definition) is 5. The third-order valence-corrected chi connectivity index (χ3v) is 6.87. The monoisotopic (exact) mass is 414 g/mol. The lowest BCUT2D eigenvalue weighted by Gasteiger charge is -2.26. The Balaban J connectivity index is 1.28. The van der Waals surface area contributed by atoms with Gasteiger partial charge in [-0.15, -0.1) is 11.3 Å². The molecule has 2 aromatic rings. The summed E-state index contributed by atoms with van der Waals surface area (Å²) in [6.07, 6.45) is 6.02. The van der Waals surface area contributed by atoms with Gasteiger partial charge in [0.05, 0.1) is 20.3 Å². The van der Waals surface area contributed by atoms with E-state index in [1.165, 1.54) is 42.8 Å². The normalized spacial score (nSPS) is 17.1. The summed E-state index contributed by atoms with van der Waals surface area (Å²) in [6.45, 7) is 5.81. The van der Waals surface area contributed by atoms with E-state index < -0.39 is 0 Å². The smallest absolute Gasteiger partial charge is 0.254 e. The molecule has 6 heteroatoms. The molecule has 0 N–H and O–H groups in total. The fourth-order valence-electron chi connectivity index (χ4n) is 4.10. The molecule has 0 spiro atoms. The zero-order chi connectivity index (χ0) is 20.1. The Bertz CT molecular complexity index is 812. The quantitative estimate of drug-likeness (QED) is 0.637. The van der Waals surface area contributed by atoms with Crippen molar-refractivity contribution in [1.29, 1.82) is 0 Å². The maximum absolute atomic E-state index is 12.8. The molecule has 1 fully saturated rings. The summed E-state index contributed by atoms with van der Waals surface area (Å²) in [5, 5.41) is 0.993. The first kappa shape index (κ1) is 20.2. The van der Waals surface area contributed by atoms with Crippen LogP contribution in [0.4, 0.5) is 0 Å². The van der Waals surface area contributed by atoms with Gasteiger partial charge in [0.25, 0.3) is 5.91 Å². The van der Waals surface area contributed by atoms with E-state index in [0.29, 0.717) is 12.1 Å².